The predicted octanol–water partition coefficient (Wildman–Crippen LogP) is 5.10. The van der Waals surface area contributed by atoms with Gasteiger partial charge in [-0.25, -0.2) is 4.98 Å². The second-order valence-corrected chi connectivity index (χ2v) is 7.27. The summed E-state index contributed by atoms with van der Waals surface area (Å²) in [6, 6.07) is 16.3. The Bertz CT molecular complexity index is 645. The molecular formula is C14H11NOS3. The Kier molecular flexibility index (Phi) is 3.96. The number of hydrogen-bond donors (Lipinski definition) is 0. The second kappa shape index (κ2) is 5.86. The third kappa shape index (κ3) is 3.05. The van der Waals surface area contributed by atoms with Crippen molar-refractivity contribution in [3.05, 3.63) is 48.5 Å². The number of fused-ring (bicyclic) bond motifs is 1. The number of ether oxygens (including phenoxy) is 1. The van der Waals surface area contributed by atoms with Crippen LogP contribution >= 0.6 is 32.9 Å². The number of aromatic nitrogens is 1. The Labute approximate surface area is 123 Å². The molecule has 0 aliphatic heterocycles. The van der Waals surface area contributed by atoms with Gasteiger partial charge in [0.15, 0.2) is 4.34 Å². The van der Waals surface area contributed by atoms with E-state index in [9.17, 15) is 0 Å². The molecule has 0 saturated carbocycles. The minimum absolute atomic E-state index is 0.884. The Balaban J connectivity index is 1.70. The summed E-state index contributed by atoms with van der Waals surface area (Å²) in [6.07, 6.45) is 0. The third-order valence-corrected chi connectivity index (χ3v) is 6.27. The van der Waals surface area contributed by atoms with Crippen molar-refractivity contribution < 1.29 is 4.74 Å². The predicted molar refractivity (Wildman–Crippen MR) is 84.3 cm³/mol. The van der Waals surface area contributed by atoms with Crippen molar-refractivity contribution in [2.45, 2.75) is 9.24 Å². The second-order valence-electron chi connectivity index (χ2n) is 3.79. The van der Waals surface area contributed by atoms with Gasteiger partial charge in [0.25, 0.3) is 0 Å². The first kappa shape index (κ1) is 12.8. The minimum atomic E-state index is 0.884. The molecule has 0 aliphatic rings. The number of hydrogen-bond acceptors (Lipinski definition) is 5. The summed E-state index contributed by atoms with van der Waals surface area (Å²) in [4.78, 5) is 5.80. The van der Waals surface area contributed by atoms with E-state index in [0.29, 0.717) is 0 Å². The topological polar surface area (TPSA) is 22.1 Å². The average Bonchev–Trinajstić information content (AvgIpc) is 2.88. The molecule has 0 bridgehead atoms. The van der Waals surface area contributed by atoms with Gasteiger partial charge >= 0.3 is 0 Å². The largest absolute Gasteiger partial charge is 0.497 e. The standard InChI is InChI=1S/C14H11NOS3/c1-16-10-6-8-11(9-7-10)18-19-14-15-12-4-2-3-5-13(12)17-14/h2-9H,1H3. The molecule has 2 nitrogen and oxygen atoms in total. The minimum Gasteiger partial charge on any atom is -0.497 e. The molecule has 0 atom stereocenters. The summed E-state index contributed by atoms with van der Waals surface area (Å²) >= 11 is 1.73. The highest BCUT2D eigenvalue weighted by molar-refractivity contribution is 8.77. The fourth-order valence-electron chi connectivity index (χ4n) is 1.60. The van der Waals surface area contributed by atoms with Gasteiger partial charge in [-0.2, -0.15) is 0 Å². The van der Waals surface area contributed by atoms with Crippen LogP contribution in [0, 0.1) is 0 Å². The molecular weight excluding hydrogens is 294 g/mol. The highest BCUT2D eigenvalue weighted by Gasteiger charge is 2.05. The molecule has 0 unspecified atom stereocenters. The van der Waals surface area contributed by atoms with Crippen LogP contribution in [0.15, 0.2) is 57.8 Å². The number of nitrogens with zero attached hydrogens (tertiary/aromatic N) is 1. The molecule has 0 saturated heterocycles. The van der Waals surface area contributed by atoms with Crippen LogP contribution < -0.4 is 4.74 Å². The van der Waals surface area contributed by atoms with Crippen LogP contribution in [0.25, 0.3) is 10.2 Å². The average molecular weight is 305 g/mol. The van der Waals surface area contributed by atoms with E-state index >= 15 is 0 Å². The van der Waals surface area contributed by atoms with E-state index in [4.69, 9.17) is 4.74 Å². The molecule has 0 fully saturated rings. The maximum absolute atomic E-state index is 5.15. The summed E-state index contributed by atoms with van der Waals surface area (Å²) in [7, 11) is 5.09. The molecule has 19 heavy (non-hydrogen) atoms. The molecule has 0 spiro atoms. The quantitative estimate of drug-likeness (QED) is 0.625. The van der Waals surface area contributed by atoms with Crippen LogP contribution in [0.1, 0.15) is 0 Å². The Morgan fingerprint density at radius 1 is 1.00 bits per heavy atom. The van der Waals surface area contributed by atoms with Crippen molar-refractivity contribution in [1.82, 2.24) is 4.98 Å². The van der Waals surface area contributed by atoms with Gasteiger partial charge in [0, 0.05) is 4.90 Å². The van der Waals surface area contributed by atoms with Crippen LogP contribution in [0.4, 0.5) is 0 Å². The van der Waals surface area contributed by atoms with E-state index in [1.165, 1.54) is 9.60 Å². The summed E-state index contributed by atoms with van der Waals surface area (Å²) in [5.74, 6) is 0.884. The maximum atomic E-state index is 5.15. The number of thiazole rings is 1. The molecule has 0 N–H and O–H groups in total. The van der Waals surface area contributed by atoms with Crippen molar-refractivity contribution in [2.75, 3.05) is 7.11 Å². The van der Waals surface area contributed by atoms with Gasteiger partial charge in [-0.05, 0) is 47.2 Å². The maximum Gasteiger partial charge on any atom is 0.162 e. The van der Waals surface area contributed by atoms with E-state index in [1.54, 1.807) is 40.0 Å². The van der Waals surface area contributed by atoms with E-state index in [2.05, 4.69) is 23.2 Å². The molecule has 1 aromatic heterocycles. The first-order valence-electron chi connectivity index (χ1n) is 5.69. The number of methoxy groups -OCH3 is 1. The van der Waals surface area contributed by atoms with Crippen LogP contribution in [0.2, 0.25) is 0 Å². The molecule has 1 heterocycles. The fourth-order valence-corrected chi connectivity index (χ4v) is 4.81. The summed E-state index contributed by atoms with van der Waals surface area (Å²) in [5.41, 5.74) is 1.07. The van der Waals surface area contributed by atoms with E-state index < -0.39 is 0 Å². The van der Waals surface area contributed by atoms with Gasteiger partial charge in [0.1, 0.15) is 5.75 Å². The zero-order valence-electron chi connectivity index (χ0n) is 10.2. The van der Waals surface area contributed by atoms with Gasteiger partial charge in [-0.15, -0.1) is 11.3 Å². The van der Waals surface area contributed by atoms with Gasteiger partial charge in [0.2, 0.25) is 0 Å². The van der Waals surface area contributed by atoms with Crippen molar-refractivity contribution in [1.29, 1.82) is 0 Å². The van der Waals surface area contributed by atoms with Gasteiger partial charge in [0.05, 0.1) is 17.3 Å². The first-order valence-corrected chi connectivity index (χ1v) is 8.66. The van der Waals surface area contributed by atoms with Gasteiger partial charge in [-0.1, -0.05) is 22.9 Å². The van der Waals surface area contributed by atoms with Crippen molar-refractivity contribution in [2.24, 2.45) is 0 Å². The summed E-state index contributed by atoms with van der Waals surface area (Å²) in [6.45, 7) is 0. The van der Waals surface area contributed by atoms with Crippen molar-refractivity contribution >= 4 is 43.1 Å². The van der Waals surface area contributed by atoms with Crippen molar-refractivity contribution in [3.63, 3.8) is 0 Å². The Morgan fingerprint density at radius 2 is 1.79 bits per heavy atom. The Hall–Kier alpha value is -1.17. The molecule has 0 radical (unpaired) electrons. The summed E-state index contributed by atoms with van der Waals surface area (Å²) in [5, 5.41) is 0. The van der Waals surface area contributed by atoms with Crippen LogP contribution in [-0.2, 0) is 0 Å². The lowest BCUT2D eigenvalue weighted by atomic mass is 10.3. The smallest absolute Gasteiger partial charge is 0.162 e. The van der Waals surface area contributed by atoms with Gasteiger partial charge in [-0.3, -0.25) is 0 Å². The molecule has 3 rings (SSSR count). The first-order chi connectivity index (χ1) is 9.35. The monoisotopic (exact) mass is 305 g/mol. The zero-order chi connectivity index (χ0) is 13.1. The molecule has 2 aromatic carbocycles. The fraction of sp³-hybridized carbons (Fsp3) is 0.0714. The molecule has 0 aliphatic carbocycles. The van der Waals surface area contributed by atoms with Gasteiger partial charge < -0.3 is 4.74 Å². The SMILES string of the molecule is COc1ccc(SSc2nc3ccccc3s2)cc1. The summed E-state index contributed by atoms with van der Waals surface area (Å²) < 4.78 is 7.47. The van der Waals surface area contributed by atoms with E-state index in [1.807, 2.05) is 30.3 Å². The Morgan fingerprint density at radius 3 is 2.53 bits per heavy atom. The molecule has 3 aromatic rings. The van der Waals surface area contributed by atoms with Crippen LogP contribution in [0.3, 0.4) is 0 Å². The molecule has 0 amide bonds. The lowest BCUT2D eigenvalue weighted by Gasteiger charge is -2.01. The molecule has 96 valence electrons. The number of rotatable bonds is 4. The lowest BCUT2D eigenvalue weighted by molar-refractivity contribution is 0.414. The molecule has 5 heteroatoms. The van der Waals surface area contributed by atoms with Crippen LogP contribution in [0.5, 0.6) is 5.75 Å². The highest BCUT2D eigenvalue weighted by atomic mass is 33.1. The number of para-hydroxylation sites is 1. The van der Waals surface area contributed by atoms with E-state index in [-0.39, 0.29) is 0 Å². The highest BCUT2D eigenvalue weighted by Crippen LogP contribution is 2.41. The third-order valence-electron chi connectivity index (χ3n) is 2.54. The normalized spacial score (nSPS) is 10.8. The zero-order valence-corrected chi connectivity index (χ0v) is 12.6. The van der Waals surface area contributed by atoms with E-state index in [0.717, 1.165) is 15.6 Å². The van der Waals surface area contributed by atoms with Crippen LogP contribution in [-0.4, -0.2) is 12.1 Å². The van der Waals surface area contributed by atoms with Crippen molar-refractivity contribution in [3.8, 4) is 5.75 Å². The lowest BCUT2D eigenvalue weighted by Crippen LogP contribution is -1.80. The number of benzene rings is 2.